The highest BCUT2D eigenvalue weighted by Crippen LogP contribution is 2.45. The third-order valence-electron chi connectivity index (χ3n) is 7.69. The van der Waals surface area contributed by atoms with Crippen molar-refractivity contribution in [3.05, 3.63) is 88.7 Å². The van der Waals surface area contributed by atoms with E-state index < -0.39 is 29.2 Å². The van der Waals surface area contributed by atoms with Gasteiger partial charge in [0.15, 0.2) is 5.82 Å². The van der Waals surface area contributed by atoms with Crippen LogP contribution in [-0.4, -0.2) is 52.4 Å². The Morgan fingerprint density at radius 2 is 1.61 bits per heavy atom. The standard InChI is InChI=1S/C30H26F6N6O2/c1-18-15-25(22-9-11-40(27(22)37-18)24-8-5-20(29(31,32)33)16-23(24)30(34,35)36)42-12-10-26(38-42)41-14-13-39(28(41)43)17-19-3-6-21(44-2)7-4-19/h3-8,10,12,15-16H,9,11,13-14,17H2,1-2H3. The molecule has 0 N–H and O–H groups in total. The molecule has 0 saturated carbocycles. The molecule has 14 heteroatoms. The minimum absolute atomic E-state index is 0.0757. The molecule has 230 valence electrons. The van der Waals surface area contributed by atoms with E-state index in [0.29, 0.717) is 48.5 Å². The zero-order chi connectivity index (χ0) is 31.4. The van der Waals surface area contributed by atoms with Crippen LogP contribution in [0.3, 0.4) is 0 Å². The highest BCUT2D eigenvalue weighted by atomic mass is 19.4. The maximum Gasteiger partial charge on any atom is 0.418 e. The molecular formula is C30H26F6N6O2. The van der Waals surface area contributed by atoms with Crippen LogP contribution in [0, 0.1) is 6.92 Å². The molecule has 1 fully saturated rings. The quantitative estimate of drug-likeness (QED) is 0.224. The first-order chi connectivity index (χ1) is 20.8. The molecule has 6 rings (SSSR count). The molecule has 0 unspecified atom stereocenters. The number of anilines is 3. The molecule has 0 aliphatic carbocycles. The maximum atomic E-state index is 14.0. The van der Waals surface area contributed by atoms with Crippen LogP contribution in [0.1, 0.15) is 27.9 Å². The van der Waals surface area contributed by atoms with Crippen LogP contribution in [0.4, 0.5) is 48.5 Å². The highest BCUT2D eigenvalue weighted by molar-refractivity contribution is 5.93. The van der Waals surface area contributed by atoms with E-state index >= 15 is 0 Å². The largest absolute Gasteiger partial charge is 0.497 e. The van der Waals surface area contributed by atoms with Gasteiger partial charge in [-0.15, -0.1) is 5.10 Å². The van der Waals surface area contributed by atoms with Crippen LogP contribution in [0.25, 0.3) is 5.69 Å². The molecule has 1 saturated heterocycles. The van der Waals surface area contributed by atoms with E-state index in [-0.39, 0.29) is 30.9 Å². The summed E-state index contributed by atoms with van der Waals surface area (Å²) in [6.07, 6.45) is -8.01. The third-order valence-corrected chi connectivity index (χ3v) is 7.69. The summed E-state index contributed by atoms with van der Waals surface area (Å²) >= 11 is 0. The van der Waals surface area contributed by atoms with Gasteiger partial charge < -0.3 is 14.5 Å². The predicted molar refractivity (Wildman–Crippen MR) is 149 cm³/mol. The Morgan fingerprint density at radius 1 is 0.864 bits per heavy atom. The zero-order valence-corrected chi connectivity index (χ0v) is 23.6. The van der Waals surface area contributed by atoms with Gasteiger partial charge in [-0.05, 0) is 55.3 Å². The zero-order valence-electron chi connectivity index (χ0n) is 23.6. The number of halogens is 6. The van der Waals surface area contributed by atoms with Crippen molar-refractivity contribution in [2.75, 3.05) is 36.5 Å². The number of aryl methyl sites for hydroxylation is 1. The summed E-state index contributed by atoms with van der Waals surface area (Å²) in [5.74, 6) is 1.34. The first-order valence-corrected chi connectivity index (χ1v) is 13.7. The number of hydrogen-bond acceptors (Lipinski definition) is 5. The average Bonchev–Trinajstić information content (AvgIpc) is 3.71. The number of carbonyl (C=O) groups excluding carboxylic acids is 1. The molecule has 2 aliphatic rings. The number of aromatic nitrogens is 3. The van der Waals surface area contributed by atoms with Crippen LogP contribution in [-0.2, 0) is 25.3 Å². The van der Waals surface area contributed by atoms with Crippen LogP contribution < -0.4 is 14.5 Å². The fourth-order valence-electron chi connectivity index (χ4n) is 5.56. The predicted octanol–water partition coefficient (Wildman–Crippen LogP) is 6.76. The second-order valence-electron chi connectivity index (χ2n) is 10.5. The van der Waals surface area contributed by atoms with Crippen LogP contribution in [0.5, 0.6) is 5.75 Å². The van der Waals surface area contributed by atoms with Crippen molar-refractivity contribution in [3.8, 4) is 11.4 Å². The molecule has 44 heavy (non-hydrogen) atoms. The van der Waals surface area contributed by atoms with E-state index in [4.69, 9.17) is 4.74 Å². The number of carbonyl (C=O) groups is 1. The molecule has 2 aromatic carbocycles. The number of fused-ring (bicyclic) bond motifs is 1. The summed E-state index contributed by atoms with van der Waals surface area (Å²) < 4.78 is 88.4. The number of urea groups is 1. The van der Waals surface area contributed by atoms with Crippen molar-refractivity contribution in [1.29, 1.82) is 0 Å². The Morgan fingerprint density at radius 3 is 2.30 bits per heavy atom. The molecule has 0 spiro atoms. The number of methoxy groups -OCH3 is 1. The molecule has 4 aromatic rings. The van der Waals surface area contributed by atoms with E-state index in [2.05, 4.69) is 10.1 Å². The van der Waals surface area contributed by atoms with E-state index in [0.717, 1.165) is 17.4 Å². The SMILES string of the molecule is COc1ccc(CN2CCN(c3ccn(-c4cc(C)nc5c4CCN5c4ccc(C(F)(F)F)cc4C(F)(F)F)n3)C2=O)cc1. The topological polar surface area (TPSA) is 66.7 Å². The van der Waals surface area contributed by atoms with E-state index in [1.165, 1.54) is 4.90 Å². The van der Waals surface area contributed by atoms with Gasteiger partial charge in [0, 0.05) is 49.7 Å². The smallest absolute Gasteiger partial charge is 0.418 e. The number of hydrogen-bond donors (Lipinski definition) is 0. The van der Waals surface area contributed by atoms with Crippen molar-refractivity contribution in [2.24, 2.45) is 0 Å². The Balaban J connectivity index is 1.28. The second-order valence-corrected chi connectivity index (χ2v) is 10.5. The van der Waals surface area contributed by atoms with Gasteiger partial charge in [0.2, 0.25) is 0 Å². The van der Waals surface area contributed by atoms with Gasteiger partial charge in [-0.3, -0.25) is 4.90 Å². The lowest BCUT2D eigenvalue weighted by atomic mass is 10.1. The number of pyridine rings is 1. The number of alkyl halides is 6. The van der Waals surface area contributed by atoms with Crippen molar-refractivity contribution in [1.82, 2.24) is 19.7 Å². The van der Waals surface area contributed by atoms with Crippen LogP contribution in [0.2, 0.25) is 0 Å². The monoisotopic (exact) mass is 616 g/mol. The van der Waals surface area contributed by atoms with E-state index in [1.807, 2.05) is 24.3 Å². The lowest BCUT2D eigenvalue weighted by Crippen LogP contribution is -2.31. The van der Waals surface area contributed by atoms with Crippen molar-refractivity contribution >= 4 is 23.4 Å². The van der Waals surface area contributed by atoms with E-state index in [1.54, 1.807) is 46.8 Å². The van der Waals surface area contributed by atoms with Crippen LogP contribution in [0.15, 0.2) is 60.8 Å². The molecular weight excluding hydrogens is 590 g/mol. The molecule has 8 nitrogen and oxygen atoms in total. The van der Waals surface area contributed by atoms with Crippen molar-refractivity contribution in [2.45, 2.75) is 32.2 Å². The third kappa shape index (κ3) is 5.40. The first-order valence-electron chi connectivity index (χ1n) is 13.7. The first kappa shape index (κ1) is 29.3. The fraction of sp³-hybridized carbons (Fsp3) is 0.300. The maximum absolute atomic E-state index is 14.0. The number of rotatable bonds is 6. The van der Waals surface area contributed by atoms with Gasteiger partial charge in [-0.25, -0.2) is 14.5 Å². The Hall–Kier alpha value is -4.75. The number of ether oxygens (including phenoxy) is 1. The summed E-state index contributed by atoms with van der Waals surface area (Å²) in [7, 11) is 1.58. The molecule has 0 atom stereocenters. The number of benzene rings is 2. The normalized spacial score (nSPS) is 15.4. The Bertz CT molecular complexity index is 1720. The van der Waals surface area contributed by atoms with Crippen molar-refractivity contribution < 1.29 is 35.9 Å². The minimum Gasteiger partial charge on any atom is -0.497 e. The highest BCUT2D eigenvalue weighted by Gasteiger charge is 2.41. The molecule has 0 bridgehead atoms. The summed E-state index contributed by atoms with van der Waals surface area (Å²) in [5.41, 5.74) is -0.608. The lowest BCUT2D eigenvalue weighted by Gasteiger charge is -2.24. The molecule has 0 radical (unpaired) electrons. The minimum atomic E-state index is -5.02. The van der Waals surface area contributed by atoms with Gasteiger partial charge >= 0.3 is 18.4 Å². The summed E-state index contributed by atoms with van der Waals surface area (Å²) in [4.78, 5) is 22.2. The Kier molecular flexibility index (Phi) is 7.17. The molecule has 2 aromatic heterocycles. The van der Waals surface area contributed by atoms with Gasteiger partial charge in [-0.1, -0.05) is 12.1 Å². The Labute approximate surface area is 248 Å². The second kappa shape index (κ2) is 10.8. The average molecular weight is 617 g/mol. The summed E-state index contributed by atoms with van der Waals surface area (Å²) in [5, 5.41) is 4.62. The summed E-state index contributed by atoms with van der Waals surface area (Å²) in [6.45, 7) is 3.07. The fourth-order valence-corrected chi connectivity index (χ4v) is 5.56. The van der Waals surface area contributed by atoms with Gasteiger partial charge in [0.05, 0.1) is 29.6 Å². The van der Waals surface area contributed by atoms with Crippen LogP contribution >= 0.6 is 0 Å². The summed E-state index contributed by atoms with van der Waals surface area (Å²) in [6, 6.07) is 12.3. The molecule has 2 aliphatic heterocycles. The number of nitrogens with zero attached hydrogens (tertiary/aromatic N) is 6. The lowest BCUT2D eigenvalue weighted by molar-refractivity contribution is -0.142. The number of amides is 2. The van der Waals surface area contributed by atoms with E-state index in [9.17, 15) is 31.1 Å². The van der Waals surface area contributed by atoms with Gasteiger partial charge in [0.25, 0.3) is 0 Å². The molecule has 2 amide bonds. The van der Waals surface area contributed by atoms with Crippen molar-refractivity contribution in [3.63, 3.8) is 0 Å². The van der Waals surface area contributed by atoms with Gasteiger partial charge in [-0.2, -0.15) is 26.3 Å². The van der Waals surface area contributed by atoms with Gasteiger partial charge in [0.1, 0.15) is 11.6 Å². The molecule has 4 heterocycles.